The molecule has 0 saturated carbocycles. The summed E-state index contributed by atoms with van der Waals surface area (Å²) in [5, 5.41) is 17.8. The standard InChI is InChI=1S/C15H21N3O3/c1-17(9-7-15(20)21)11-14-16-12-5-2-3-6-13(12)18(14)8-4-10-19/h2-3,5-6,19H,4,7-11H2,1H3,(H,20,21). The number of carboxylic acid groups (broad SMARTS) is 1. The summed E-state index contributed by atoms with van der Waals surface area (Å²) >= 11 is 0. The Morgan fingerprint density at radius 2 is 2.14 bits per heavy atom. The summed E-state index contributed by atoms with van der Waals surface area (Å²) < 4.78 is 2.10. The van der Waals surface area contributed by atoms with Crippen LogP contribution in [0.1, 0.15) is 18.7 Å². The van der Waals surface area contributed by atoms with E-state index in [1.165, 1.54) is 0 Å². The predicted molar refractivity (Wildman–Crippen MR) is 80.0 cm³/mol. The molecule has 0 saturated heterocycles. The number of hydrogen-bond donors (Lipinski definition) is 2. The van der Waals surface area contributed by atoms with Crippen LogP contribution in [0.4, 0.5) is 0 Å². The highest BCUT2D eigenvalue weighted by Crippen LogP contribution is 2.17. The zero-order valence-corrected chi connectivity index (χ0v) is 12.2. The zero-order valence-electron chi connectivity index (χ0n) is 12.2. The van der Waals surface area contributed by atoms with E-state index in [0.29, 0.717) is 26.1 Å². The molecule has 21 heavy (non-hydrogen) atoms. The van der Waals surface area contributed by atoms with Crippen molar-refractivity contribution < 1.29 is 15.0 Å². The fourth-order valence-corrected chi connectivity index (χ4v) is 2.33. The number of imidazole rings is 1. The third-order valence-electron chi connectivity index (χ3n) is 3.39. The van der Waals surface area contributed by atoms with Gasteiger partial charge in [-0.3, -0.25) is 9.69 Å². The minimum Gasteiger partial charge on any atom is -0.481 e. The molecule has 0 aliphatic carbocycles. The summed E-state index contributed by atoms with van der Waals surface area (Å²) in [6, 6.07) is 7.90. The number of aliphatic hydroxyl groups is 1. The van der Waals surface area contributed by atoms with E-state index in [0.717, 1.165) is 16.9 Å². The number of hydrogen-bond acceptors (Lipinski definition) is 4. The maximum atomic E-state index is 10.6. The summed E-state index contributed by atoms with van der Waals surface area (Å²) in [5.41, 5.74) is 1.98. The van der Waals surface area contributed by atoms with Crippen molar-refractivity contribution in [1.82, 2.24) is 14.5 Å². The molecule has 0 aliphatic rings. The van der Waals surface area contributed by atoms with Crippen molar-refractivity contribution in [2.45, 2.75) is 25.9 Å². The number of rotatable bonds is 8. The summed E-state index contributed by atoms with van der Waals surface area (Å²) in [6.07, 6.45) is 0.791. The molecule has 6 heteroatoms. The van der Waals surface area contributed by atoms with Gasteiger partial charge in [-0.1, -0.05) is 12.1 Å². The van der Waals surface area contributed by atoms with Gasteiger partial charge in [0.05, 0.1) is 24.0 Å². The van der Waals surface area contributed by atoms with E-state index in [2.05, 4.69) is 9.55 Å². The molecule has 114 valence electrons. The van der Waals surface area contributed by atoms with E-state index in [1.54, 1.807) is 0 Å². The zero-order chi connectivity index (χ0) is 15.2. The van der Waals surface area contributed by atoms with Gasteiger partial charge in [-0.15, -0.1) is 0 Å². The lowest BCUT2D eigenvalue weighted by Crippen LogP contribution is -2.23. The fraction of sp³-hybridized carbons (Fsp3) is 0.467. The molecule has 1 heterocycles. The van der Waals surface area contributed by atoms with Gasteiger partial charge < -0.3 is 14.8 Å². The number of aliphatic hydroxyl groups excluding tert-OH is 1. The van der Waals surface area contributed by atoms with Gasteiger partial charge >= 0.3 is 5.97 Å². The quantitative estimate of drug-likeness (QED) is 0.767. The first kappa shape index (κ1) is 15.5. The first-order valence-corrected chi connectivity index (χ1v) is 7.07. The van der Waals surface area contributed by atoms with Crippen LogP contribution in [0, 0.1) is 0 Å². The number of benzene rings is 1. The van der Waals surface area contributed by atoms with Crippen LogP contribution in [0.5, 0.6) is 0 Å². The Hall–Kier alpha value is -1.92. The molecule has 1 aromatic carbocycles. The van der Waals surface area contributed by atoms with Gasteiger partial charge in [0.25, 0.3) is 0 Å². The smallest absolute Gasteiger partial charge is 0.304 e. The van der Waals surface area contributed by atoms with Crippen molar-refractivity contribution in [2.75, 3.05) is 20.2 Å². The van der Waals surface area contributed by atoms with Crippen LogP contribution in [-0.2, 0) is 17.9 Å². The molecule has 0 bridgehead atoms. The number of para-hydroxylation sites is 2. The second-order valence-electron chi connectivity index (χ2n) is 5.13. The van der Waals surface area contributed by atoms with Gasteiger partial charge in [0.1, 0.15) is 5.82 Å². The minimum absolute atomic E-state index is 0.118. The molecule has 0 fully saturated rings. The Balaban J connectivity index is 2.18. The molecule has 1 aromatic heterocycles. The van der Waals surface area contributed by atoms with Crippen molar-refractivity contribution in [3.8, 4) is 0 Å². The van der Waals surface area contributed by atoms with Crippen LogP contribution in [0.25, 0.3) is 11.0 Å². The van der Waals surface area contributed by atoms with E-state index in [-0.39, 0.29) is 13.0 Å². The van der Waals surface area contributed by atoms with Crippen LogP contribution < -0.4 is 0 Å². The second kappa shape index (κ2) is 7.19. The number of aromatic nitrogens is 2. The molecule has 2 rings (SSSR count). The highest BCUT2D eigenvalue weighted by atomic mass is 16.4. The molecule has 0 amide bonds. The topological polar surface area (TPSA) is 78.6 Å². The molecule has 0 unspecified atom stereocenters. The Bertz CT molecular complexity index is 609. The third-order valence-corrected chi connectivity index (χ3v) is 3.39. The van der Waals surface area contributed by atoms with Crippen LogP contribution in [0.3, 0.4) is 0 Å². The molecular weight excluding hydrogens is 270 g/mol. The number of aryl methyl sites for hydroxylation is 1. The van der Waals surface area contributed by atoms with Gasteiger partial charge in [-0.25, -0.2) is 4.98 Å². The highest BCUT2D eigenvalue weighted by molar-refractivity contribution is 5.75. The summed E-state index contributed by atoms with van der Waals surface area (Å²) in [7, 11) is 1.89. The molecule has 0 aliphatic heterocycles. The Morgan fingerprint density at radius 1 is 1.38 bits per heavy atom. The fourth-order valence-electron chi connectivity index (χ4n) is 2.33. The summed E-state index contributed by atoms with van der Waals surface area (Å²) in [6.45, 7) is 1.92. The molecule has 2 aromatic rings. The molecule has 2 N–H and O–H groups in total. The number of carbonyl (C=O) groups is 1. The van der Waals surface area contributed by atoms with Gasteiger partial charge in [0.15, 0.2) is 0 Å². The Labute approximate surface area is 123 Å². The lowest BCUT2D eigenvalue weighted by molar-refractivity contribution is -0.137. The van der Waals surface area contributed by atoms with E-state index >= 15 is 0 Å². The molecule has 0 radical (unpaired) electrons. The second-order valence-corrected chi connectivity index (χ2v) is 5.13. The normalized spacial score (nSPS) is 11.4. The first-order chi connectivity index (χ1) is 10.1. The lowest BCUT2D eigenvalue weighted by atomic mass is 10.3. The van der Waals surface area contributed by atoms with Crippen molar-refractivity contribution >= 4 is 17.0 Å². The number of fused-ring (bicyclic) bond motifs is 1. The maximum Gasteiger partial charge on any atom is 0.304 e. The molecule has 0 atom stereocenters. The van der Waals surface area contributed by atoms with Crippen molar-refractivity contribution in [3.05, 3.63) is 30.1 Å². The first-order valence-electron chi connectivity index (χ1n) is 7.07. The van der Waals surface area contributed by atoms with E-state index in [1.807, 2.05) is 36.2 Å². The molecule has 6 nitrogen and oxygen atoms in total. The van der Waals surface area contributed by atoms with Gasteiger partial charge in [-0.05, 0) is 25.6 Å². The Kier molecular flexibility index (Phi) is 5.30. The van der Waals surface area contributed by atoms with E-state index in [4.69, 9.17) is 10.2 Å². The minimum atomic E-state index is -0.796. The predicted octanol–water partition coefficient (Wildman–Crippen LogP) is 1.33. The molecule has 0 spiro atoms. The highest BCUT2D eigenvalue weighted by Gasteiger charge is 2.12. The monoisotopic (exact) mass is 291 g/mol. The Morgan fingerprint density at radius 3 is 2.86 bits per heavy atom. The summed E-state index contributed by atoms with van der Waals surface area (Å²) in [5.74, 6) is 0.105. The number of nitrogens with zero attached hydrogens (tertiary/aromatic N) is 3. The average Bonchev–Trinajstić information content (AvgIpc) is 2.80. The lowest BCUT2D eigenvalue weighted by Gasteiger charge is -2.16. The number of carboxylic acids is 1. The van der Waals surface area contributed by atoms with Crippen LogP contribution in [0.2, 0.25) is 0 Å². The van der Waals surface area contributed by atoms with Crippen molar-refractivity contribution in [2.24, 2.45) is 0 Å². The van der Waals surface area contributed by atoms with Crippen molar-refractivity contribution in [3.63, 3.8) is 0 Å². The van der Waals surface area contributed by atoms with E-state index in [9.17, 15) is 4.79 Å². The summed E-state index contributed by atoms with van der Waals surface area (Å²) in [4.78, 5) is 17.2. The van der Waals surface area contributed by atoms with Crippen LogP contribution in [-0.4, -0.2) is 50.8 Å². The van der Waals surface area contributed by atoms with Gasteiger partial charge in [0.2, 0.25) is 0 Å². The SMILES string of the molecule is CN(CCC(=O)O)Cc1nc2ccccc2n1CCCO. The largest absolute Gasteiger partial charge is 0.481 e. The van der Waals surface area contributed by atoms with Crippen molar-refractivity contribution in [1.29, 1.82) is 0 Å². The van der Waals surface area contributed by atoms with Crippen LogP contribution >= 0.6 is 0 Å². The van der Waals surface area contributed by atoms with Gasteiger partial charge in [0, 0.05) is 19.7 Å². The number of aliphatic carboxylic acids is 1. The van der Waals surface area contributed by atoms with Gasteiger partial charge in [-0.2, -0.15) is 0 Å². The van der Waals surface area contributed by atoms with E-state index < -0.39 is 5.97 Å². The average molecular weight is 291 g/mol. The van der Waals surface area contributed by atoms with Crippen LogP contribution in [0.15, 0.2) is 24.3 Å². The maximum absolute atomic E-state index is 10.6. The molecular formula is C15H21N3O3. The third kappa shape index (κ3) is 4.03.